The van der Waals surface area contributed by atoms with E-state index in [1.54, 1.807) is 0 Å². The molecule has 1 aromatic rings. The molecule has 17 heavy (non-hydrogen) atoms. The maximum atomic E-state index is 12.2. The first-order valence-corrected chi connectivity index (χ1v) is 6.59. The van der Waals surface area contributed by atoms with E-state index in [0.29, 0.717) is 6.42 Å². The van der Waals surface area contributed by atoms with Crippen molar-refractivity contribution in [2.45, 2.75) is 46.0 Å². The number of nitrogens with one attached hydrogen (secondary N) is 1. The van der Waals surface area contributed by atoms with Crippen molar-refractivity contribution in [3.63, 3.8) is 0 Å². The summed E-state index contributed by atoms with van der Waals surface area (Å²) in [7, 11) is 0. The van der Waals surface area contributed by atoms with Crippen LogP contribution in [0.15, 0.2) is 6.07 Å². The molecule has 0 bridgehead atoms. The predicted molar refractivity (Wildman–Crippen MR) is 69.0 cm³/mol. The van der Waals surface area contributed by atoms with Gasteiger partial charge in [-0.25, -0.2) is 0 Å². The molecule has 1 aliphatic rings. The second-order valence-corrected chi connectivity index (χ2v) is 5.07. The lowest BCUT2D eigenvalue weighted by Crippen LogP contribution is -2.33. The fraction of sp³-hybridized carbons (Fsp3) is 0.643. The fourth-order valence-corrected chi connectivity index (χ4v) is 2.56. The summed E-state index contributed by atoms with van der Waals surface area (Å²) in [6, 6.07) is 2.09. The van der Waals surface area contributed by atoms with Gasteiger partial charge in [0.25, 0.3) is 0 Å². The van der Waals surface area contributed by atoms with Crippen LogP contribution in [0.5, 0.6) is 0 Å². The monoisotopic (exact) mass is 234 g/mol. The van der Waals surface area contributed by atoms with Crippen LogP contribution in [0.2, 0.25) is 0 Å². The summed E-state index contributed by atoms with van der Waals surface area (Å²) < 4.78 is 0. The molecule has 2 heterocycles. The maximum absolute atomic E-state index is 12.2. The Balaban J connectivity index is 1.98. The Labute approximate surface area is 103 Å². The number of hydrogen-bond donors (Lipinski definition) is 1. The fourth-order valence-electron chi connectivity index (χ4n) is 2.56. The molecule has 1 aromatic heterocycles. The summed E-state index contributed by atoms with van der Waals surface area (Å²) in [5.41, 5.74) is 3.42. The number of carbonyl (C=O) groups excluding carboxylic acids is 1. The molecule has 1 aliphatic heterocycles. The molecule has 0 radical (unpaired) electrons. The number of nitrogens with zero attached hydrogens (tertiary/aromatic N) is 1. The molecule has 1 fully saturated rings. The summed E-state index contributed by atoms with van der Waals surface area (Å²) >= 11 is 0. The molecule has 0 saturated carbocycles. The first-order chi connectivity index (χ1) is 8.16. The number of H-pyrrole nitrogens is 1. The highest BCUT2D eigenvalue weighted by atomic mass is 16.2. The molecular weight excluding hydrogens is 212 g/mol. The molecule has 0 aromatic carbocycles. The molecule has 0 spiro atoms. The van der Waals surface area contributed by atoms with Gasteiger partial charge >= 0.3 is 0 Å². The van der Waals surface area contributed by atoms with Gasteiger partial charge in [-0.05, 0) is 38.3 Å². The van der Waals surface area contributed by atoms with E-state index in [9.17, 15) is 4.79 Å². The van der Waals surface area contributed by atoms with E-state index < -0.39 is 0 Å². The van der Waals surface area contributed by atoms with Crippen LogP contribution in [0.1, 0.15) is 42.6 Å². The SMILES string of the molecule is Cc1cc(CC(=O)N2CCCCCC2)c(C)[nH]1. The molecule has 2 rings (SSSR count). The molecule has 1 N–H and O–H groups in total. The zero-order valence-electron chi connectivity index (χ0n) is 10.9. The molecule has 0 atom stereocenters. The second-order valence-electron chi connectivity index (χ2n) is 5.07. The topological polar surface area (TPSA) is 36.1 Å². The number of carbonyl (C=O) groups is 1. The molecule has 0 aliphatic carbocycles. The Bertz CT molecular complexity index is 387. The van der Waals surface area contributed by atoms with E-state index in [1.807, 2.05) is 18.7 Å². The Morgan fingerprint density at radius 1 is 1.24 bits per heavy atom. The third kappa shape index (κ3) is 3.11. The van der Waals surface area contributed by atoms with E-state index in [-0.39, 0.29) is 5.91 Å². The minimum Gasteiger partial charge on any atom is -0.362 e. The van der Waals surface area contributed by atoms with Gasteiger partial charge in [-0.2, -0.15) is 0 Å². The lowest BCUT2D eigenvalue weighted by molar-refractivity contribution is -0.130. The predicted octanol–water partition coefficient (Wildman–Crippen LogP) is 2.58. The maximum Gasteiger partial charge on any atom is 0.227 e. The third-order valence-corrected chi connectivity index (χ3v) is 3.56. The van der Waals surface area contributed by atoms with Crippen molar-refractivity contribution < 1.29 is 4.79 Å². The smallest absolute Gasteiger partial charge is 0.227 e. The molecule has 94 valence electrons. The standard InChI is InChI=1S/C14H22N2O/c1-11-9-13(12(2)15-11)10-14(17)16-7-5-3-4-6-8-16/h9,15H,3-8,10H2,1-2H3. The van der Waals surface area contributed by atoms with E-state index in [4.69, 9.17) is 0 Å². The van der Waals surface area contributed by atoms with Crippen LogP contribution in [-0.4, -0.2) is 28.9 Å². The van der Waals surface area contributed by atoms with Crippen molar-refractivity contribution in [3.8, 4) is 0 Å². The average Bonchev–Trinajstić information content (AvgIpc) is 2.54. The normalized spacial score (nSPS) is 16.9. The van der Waals surface area contributed by atoms with Crippen LogP contribution in [0.4, 0.5) is 0 Å². The van der Waals surface area contributed by atoms with Crippen LogP contribution < -0.4 is 0 Å². The average molecular weight is 234 g/mol. The highest BCUT2D eigenvalue weighted by molar-refractivity contribution is 5.79. The summed E-state index contributed by atoms with van der Waals surface area (Å²) in [5.74, 6) is 0.286. The van der Waals surface area contributed by atoms with Crippen molar-refractivity contribution >= 4 is 5.91 Å². The molecular formula is C14H22N2O. The van der Waals surface area contributed by atoms with Gasteiger partial charge < -0.3 is 9.88 Å². The van der Waals surface area contributed by atoms with Crippen molar-refractivity contribution in [2.24, 2.45) is 0 Å². The molecule has 0 unspecified atom stereocenters. The second kappa shape index (κ2) is 5.39. The number of likely N-dealkylation sites (tertiary alicyclic amines) is 1. The minimum absolute atomic E-state index is 0.286. The quantitative estimate of drug-likeness (QED) is 0.839. The highest BCUT2D eigenvalue weighted by Crippen LogP contribution is 2.14. The van der Waals surface area contributed by atoms with Crippen LogP contribution in [-0.2, 0) is 11.2 Å². The third-order valence-electron chi connectivity index (χ3n) is 3.56. The van der Waals surface area contributed by atoms with Gasteiger partial charge in [0.1, 0.15) is 0 Å². The van der Waals surface area contributed by atoms with E-state index in [1.165, 1.54) is 12.8 Å². The van der Waals surface area contributed by atoms with Gasteiger partial charge in [-0.15, -0.1) is 0 Å². The van der Waals surface area contributed by atoms with Crippen LogP contribution >= 0.6 is 0 Å². The summed E-state index contributed by atoms with van der Waals surface area (Å²) in [4.78, 5) is 17.5. The lowest BCUT2D eigenvalue weighted by Gasteiger charge is -2.20. The number of hydrogen-bond acceptors (Lipinski definition) is 1. The van der Waals surface area contributed by atoms with Gasteiger partial charge in [0.2, 0.25) is 5.91 Å². The van der Waals surface area contributed by atoms with E-state index >= 15 is 0 Å². The zero-order valence-corrected chi connectivity index (χ0v) is 10.9. The van der Waals surface area contributed by atoms with Crippen LogP contribution in [0, 0.1) is 13.8 Å². The Morgan fingerprint density at radius 2 is 1.88 bits per heavy atom. The first kappa shape index (κ1) is 12.2. The van der Waals surface area contributed by atoms with Crippen molar-refractivity contribution in [3.05, 3.63) is 23.0 Å². The van der Waals surface area contributed by atoms with Gasteiger partial charge in [0.05, 0.1) is 6.42 Å². The Morgan fingerprint density at radius 3 is 2.41 bits per heavy atom. The van der Waals surface area contributed by atoms with Crippen molar-refractivity contribution in [1.29, 1.82) is 0 Å². The molecule has 3 heteroatoms. The van der Waals surface area contributed by atoms with Crippen molar-refractivity contribution in [2.75, 3.05) is 13.1 Å². The Hall–Kier alpha value is -1.25. The van der Waals surface area contributed by atoms with Gasteiger partial charge in [0, 0.05) is 24.5 Å². The number of rotatable bonds is 2. The van der Waals surface area contributed by atoms with Gasteiger partial charge in [0.15, 0.2) is 0 Å². The molecule has 1 saturated heterocycles. The number of aryl methyl sites for hydroxylation is 2. The van der Waals surface area contributed by atoms with E-state index in [2.05, 4.69) is 11.1 Å². The zero-order chi connectivity index (χ0) is 12.3. The number of aromatic amines is 1. The first-order valence-electron chi connectivity index (χ1n) is 6.59. The molecule has 3 nitrogen and oxygen atoms in total. The van der Waals surface area contributed by atoms with Crippen LogP contribution in [0.25, 0.3) is 0 Å². The largest absolute Gasteiger partial charge is 0.362 e. The van der Waals surface area contributed by atoms with Crippen LogP contribution in [0.3, 0.4) is 0 Å². The van der Waals surface area contributed by atoms with Gasteiger partial charge in [-0.3, -0.25) is 4.79 Å². The summed E-state index contributed by atoms with van der Waals surface area (Å²) in [6.45, 7) is 5.97. The lowest BCUT2D eigenvalue weighted by atomic mass is 10.1. The number of amides is 1. The van der Waals surface area contributed by atoms with E-state index in [0.717, 1.165) is 42.9 Å². The highest BCUT2D eigenvalue weighted by Gasteiger charge is 2.17. The minimum atomic E-state index is 0.286. The van der Waals surface area contributed by atoms with Gasteiger partial charge in [-0.1, -0.05) is 12.8 Å². The summed E-state index contributed by atoms with van der Waals surface area (Å²) in [6.07, 6.45) is 5.42. The number of aromatic nitrogens is 1. The Kier molecular flexibility index (Phi) is 3.87. The van der Waals surface area contributed by atoms with Crippen molar-refractivity contribution in [1.82, 2.24) is 9.88 Å². The molecule has 1 amide bonds. The summed E-state index contributed by atoms with van der Waals surface area (Å²) in [5, 5.41) is 0.